The molecule has 3 aromatic rings. The quantitative estimate of drug-likeness (QED) is 0.294. The first kappa shape index (κ1) is 26.4. The predicted octanol–water partition coefficient (Wildman–Crippen LogP) is 6.85. The van der Waals surface area contributed by atoms with Gasteiger partial charge >= 0.3 is 12.1 Å². The number of alkyl halides is 3. The van der Waals surface area contributed by atoms with Crippen molar-refractivity contribution >= 4 is 17.6 Å². The Balaban J connectivity index is 1.66. The monoisotopic (exact) mass is 507 g/mol. The van der Waals surface area contributed by atoms with Gasteiger partial charge in [-0.3, -0.25) is 0 Å². The minimum atomic E-state index is -4.63. The molecule has 0 aliphatic carbocycles. The molecule has 0 aliphatic rings. The highest BCUT2D eigenvalue weighted by atomic mass is 35.5. The van der Waals surface area contributed by atoms with Crippen LogP contribution in [0.4, 0.5) is 13.2 Å². The molecule has 0 amide bonds. The van der Waals surface area contributed by atoms with E-state index in [0.29, 0.717) is 13.0 Å². The molecule has 5 nitrogen and oxygen atoms in total. The number of aromatic carboxylic acids is 1. The topological polar surface area (TPSA) is 67.8 Å². The third-order valence-electron chi connectivity index (χ3n) is 5.39. The Labute approximate surface area is 206 Å². The molecule has 0 aliphatic heterocycles. The number of nitrogens with one attached hydrogen (secondary N) is 1. The van der Waals surface area contributed by atoms with Crippen LogP contribution >= 0.6 is 11.6 Å². The Morgan fingerprint density at radius 1 is 1.06 bits per heavy atom. The van der Waals surface area contributed by atoms with Crippen LogP contribution in [0.15, 0.2) is 60.7 Å². The van der Waals surface area contributed by atoms with Gasteiger partial charge in [0.15, 0.2) is 0 Å². The molecule has 0 fully saturated rings. The molecule has 1 atom stereocenters. The Hall–Kier alpha value is -3.23. The van der Waals surface area contributed by atoms with Crippen LogP contribution in [0.25, 0.3) is 11.1 Å². The van der Waals surface area contributed by atoms with Gasteiger partial charge in [0.1, 0.15) is 11.5 Å². The predicted molar refractivity (Wildman–Crippen MR) is 128 cm³/mol. The van der Waals surface area contributed by atoms with Gasteiger partial charge in [-0.05, 0) is 79.0 Å². The summed E-state index contributed by atoms with van der Waals surface area (Å²) >= 11 is 5.70. The van der Waals surface area contributed by atoms with Crippen LogP contribution < -0.4 is 14.8 Å². The fourth-order valence-electron chi connectivity index (χ4n) is 3.50. The minimum Gasteiger partial charge on any atom is -0.497 e. The van der Waals surface area contributed by atoms with Gasteiger partial charge in [0.25, 0.3) is 0 Å². The Morgan fingerprint density at radius 2 is 1.83 bits per heavy atom. The molecule has 1 unspecified atom stereocenters. The molecule has 2 N–H and O–H groups in total. The highest BCUT2D eigenvalue weighted by Gasteiger charge is 2.33. The third-order valence-corrected chi connectivity index (χ3v) is 5.72. The second-order valence-electron chi connectivity index (χ2n) is 7.90. The number of hydrogen-bond acceptors (Lipinski definition) is 4. The average Bonchev–Trinajstić information content (AvgIpc) is 2.83. The molecule has 3 rings (SSSR count). The first-order chi connectivity index (χ1) is 16.6. The van der Waals surface area contributed by atoms with Crippen LogP contribution in [0.2, 0.25) is 5.02 Å². The van der Waals surface area contributed by atoms with Crippen molar-refractivity contribution in [2.45, 2.75) is 25.6 Å². The van der Waals surface area contributed by atoms with E-state index in [1.165, 1.54) is 24.3 Å². The van der Waals surface area contributed by atoms with Gasteiger partial charge in [-0.2, -0.15) is 13.2 Å². The van der Waals surface area contributed by atoms with E-state index in [9.17, 15) is 23.1 Å². The van der Waals surface area contributed by atoms with E-state index in [-0.39, 0.29) is 35.1 Å². The van der Waals surface area contributed by atoms with E-state index in [4.69, 9.17) is 21.1 Å². The summed E-state index contributed by atoms with van der Waals surface area (Å²) in [6.07, 6.45) is -4.01. The van der Waals surface area contributed by atoms with Crippen LogP contribution in [0.1, 0.15) is 40.9 Å². The molecule has 3 aromatic carbocycles. The number of ether oxygens (including phenoxy) is 2. The standard InChI is InChI=1S/C26H25ClF3NO4/c1-16(17-5-3-6-21(12-17)34-2)31-9-4-10-35-22-13-19(11-20(14-22)25(32)33)18-7-8-24(27)23(15-18)26(28,29)30/h3,5-8,11-16,31H,4,9-10H2,1-2H3,(H,32,33). The fourth-order valence-corrected chi connectivity index (χ4v) is 3.73. The fraction of sp³-hybridized carbons (Fsp3) is 0.269. The number of methoxy groups -OCH3 is 1. The van der Waals surface area contributed by atoms with Crippen LogP contribution in [0.5, 0.6) is 11.5 Å². The summed E-state index contributed by atoms with van der Waals surface area (Å²) in [5, 5.41) is 12.4. The van der Waals surface area contributed by atoms with Crippen molar-refractivity contribution in [3.8, 4) is 22.6 Å². The van der Waals surface area contributed by atoms with Gasteiger partial charge in [0, 0.05) is 6.04 Å². The lowest BCUT2D eigenvalue weighted by Gasteiger charge is -2.16. The van der Waals surface area contributed by atoms with E-state index in [0.717, 1.165) is 23.4 Å². The lowest BCUT2D eigenvalue weighted by molar-refractivity contribution is -0.137. The molecule has 35 heavy (non-hydrogen) atoms. The zero-order valence-corrected chi connectivity index (χ0v) is 19.9. The molecule has 0 aromatic heterocycles. The van der Waals surface area contributed by atoms with Crippen LogP contribution in [-0.4, -0.2) is 31.3 Å². The molecule has 186 valence electrons. The second-order valence-corrected chi connectivity index (χ2v) is 8.31. The van der Waals surface area contributed by atoms with E-state index in [2.05, 4.69) is 5.32 Å². The molecule has 0 heterocycles. The zero-order valence-electron chi connectivity index (χ0n) is 19.2. The lowest BCUT2D eigenvalue weighted by atomic mass is 10.00. The SMILES string of the molecule is COc1cccc(C(C)NCCCOc2cc(C(=O)O)cc(-c3ccc(Cl)c(C(F)(F)F)c3)c2)c1. The maximum Gasteiger partial charge on any atom is 0.417 e. The first-order valence-electron chi connectivity index (χ1n) is 10.8. The van der Waals surface area contributed by atoms with Crippen molar-refractivity contribution in [1.82, 2.24) is 5.32 Å². The lowest BCUT2D eigenvalue weighted by Crippen LogP contribution is -2.21. The smallest absolute Gasteiger partial charge is 0.417 e. The van der Waals surface area contributed by atoms with Crippen LogP contribution in [0.3, 0.4) is 0 Å². The molecule has 0 radical (unpaired) electrons. The Kier molecular flexibility index (Phi) is 8.64. The van der Waals surface area contributed by atoms with Gasteiger partial charge in [-0.1, -0.05) is 29.8 Å². The van der Waals surface area contributed by atoms with Gasteiger partial charge < -0.3 is 19.9 Å². The van der Waals surface area contributed by atoms with Crippen molar-refractivity contribution in [2.24, 2.45) is 0 Å². The molecule has 0 saturated heterocycles. The summed E-state index contributed by atoms with van der Waals surface area (Å²) in [4.78, 5) is 11.6. The number of hydrogen-bond donors (Lipinski definition) is 2. The Morgan fingerprint density at radius 3 is 2.51 bits per heavy atom. The summed E-state index contributed by atoms with van der Waals surface area (Å²) < 4.78 is 50.7. The Bertz CT molecular complexity index is 1180. The number of carbonyl (C=O) groups is 1. The first-order valence-corrected chi connectivity index (χ1v) is 11.2. The second kappa shape index (κ2) is 11.5. The minimum absolute atomic E-state index is 0.0831. The maximum absolute atomic E-state index is 13.3. The van der Waals surface area contributed by atoms with Crippen molar-refractivity contribution in [3.05, 3.63) is 82.4 Å². The van der Waals surface area contributed by atoms with E-state index < -0.39 is 22.7 Å². The van der Waals surface area contributed by atoms with Crippen molar-refractivity contribution < 1.29 is 32.5 Å². The van der Waals surface area contributed by atoms with Crippen molar-refractivity contribution in [1.29, 1.82) is 0 Å². The van der Waals surface area contributed by atoms with Crippen molar-refractivity contribution in [3.63, 3.8) is 0 Å². The van der Waals surface area contributed by atoms with Gasteiger partial charge in [-0.15, -0.1) is 0 Å². The number of carboxylic acid groups (broad SMARTS) is 1. The number of halogens is 4. The largest absolute Gasteiger partial charge is 0.497 e. The molecular weight excluding hydrogens is 483 g/mol. The maximum atomic E-state index is 13.3. The molecule has 0 bridgehead atoms. The van der Waals surface area contributed by atoms with E-state index >= 15 is 0 Å². The van der Waals surface area contributed by atoms with Gasteiger partial charge in [0.05, 0.1) is 29.9 Å². The molecule has 0 saturated carbocycles. The highest BCUT2D eigenvalue weighted by molar-refractivity contribution is 6.31. The van der Waals surface area contributed by atoms with E-state index in [1.807, 2.05) is 31.2 Å². The van der Waals surface area contributed by atoms with Crippen LogP contribution in [0, 0.1) is 0 Å². The summed E-state index contributed by atoms with van der Waals surface area (Å²) in [5.41, 5.74) is 0.461. The van der Waals surface area contributed by atoms with Gasteiger partial charge in [0.2, 0.25) is 0 Å². The molecule has 0 spiro atoms. The summed E-state index contributed by atoms with van der Waals surface area (Å²) in [7, 11) is 1.61. The highest BCUT2D eigenvalue weighted by Crippen LogP contribution is 2.38. The number of rotatable bonds is 10. The average molecular weight is 508 g/mol. The summed E-state index contributed by atoms with van der Waals surface area (Å²) in [6, 6.07) is 15.4. The third kappa shape index (κ3) is 7.13. The molecule has 9 heteroatoms. The van der Waals surface area contributed by atoms with E-state index in [1.54, 1.807) is 7.11 Å². The van der Waals surface area contributed by atoms with Crippen molar-refractivity contribution in [2.75, 3.05) is 20.3 Å². The summed E-state index contributed by atoms with van der Waals surface area (Å²) in [5.74, 6) is -0.184. The van der Waals surface area contributed by atoms with Crippen LogP contribution in [-0.2, 0) is 6.18 Å². The zero-order chi connectivity index (χ0) is 25.6. The number of benzene rings is 3. The number of carboxylic acids is 1. The normalized spacial score (nSPS) is 12.3. The van der Waals surface area contributed by atoms with Gasteiger partial charge in [-0.25, -0.2) is 4.79 Å². The summed E-state index contributed by atoms with van der Waals surface area (Å²) in [6.45, 7) is 2.95. The molecular formula is C26H25ClF3NO4.